The topological polar surface area (TPSA) is 66.5 Å². The smallest absolute Gasteiger partial charge is 0.244 e. The van der Waals surface area contributed by atoms with Crippen LogP contribution in [-0.4, -0.2) is 24.7 Å². The van der Waals surface area contributed by atoms with E-state index < -0.39 is 27.8 Å². The summed E-state index contributed by atoms with van der Waals surface area (Å²) >= 11 is 0. The van der Waals surface area contributed by atoms with E-state index in [1.54, 1.807) is 30.3 Å². The summed E-state index contributed by atoms with van der Waals surface area (Å²) < 4.78 is 41.6. The molecule has 5 nitrogen and oxygen atoms in total. The van der Waals surface area contributed by atoms with Crippen LogP contribution in [0, 0.1) is 12.7 Å². The van der Waals surface area contributed by atoms with Crippen molar-refractivity contribution in [3.63, 3.8) is 0 Å². The van der Waals surface area contributed by atoms with Gasteiger partial charge in [0.1, 0.15) is 11.9 Å². The standard InChI is InChI=1S/C23H21FN2O3S/c1-16-9-11-21(12-10-16)30(28,29)26-15-18-6-3-2-5-17(18)13-22(26)23(27)25-20-8-4-7-19(24)14-20/h2-12,14,22H,13,15H2,1H3,(H,25,27)/t22-/m0/s1. The third kappa shape index (κ3) is 3.99. The lowest BCUT2D eigenvalue weighted by molar-refractivity contribution is -0.120. The highest BCUT2D eigenvalue weighted by molar-refractivity contribution is 7.89. The third-order valence-electron chi connectivity index (χ3n) is 5.23. The van der Waals surface area contributed by atoms with Crippen LogP contribution in [0.25, 0.3) is 0 Å². The van der Waals surface area contributed by atoms with Gasteiger partial charge >= 0.3 is 0 Å². The van der Waals surface area contributed by atoms with Crippen LogP contribution in [0.15, 0.2) is 77.7 Å². The fraction of sp³-hybridized carbons (Fsp3) is 0.174. The van der Waals surface area contributed by atoms with Crippen molar-refractivity contribution in [3.8, 4) is 0 Å². The van der Waals surface area contributed by atoms with Gasteiger partial charge in [0.15, 0.2) is 0 Å². The van der Waals surface area contributed by atoms with Gasteiger partial charge in [0.05, 0.1) is 4.90 Å². The van der Waals surface area contributed by atoms with Gasteiger partial charge < -0.3 is 5.32 Å². The number of rotatable bonds is 4. The van der Waals surface area contributed by atoms with Crippen molar-refractivity contribution in [2.75, 3.05) is 5.32 Å². The first kappa shape index (κ1) is 20.3. The monoisotopic (exact) mass is 424 g/mol. The zero-order valence-electron chi connectivity index (χ0n) is 16.4. The molecule has 1 N–H and O–H groups in total. The van der Waals surface area contributed by atoms with Gasteiger partial charge in [-0.3, -0.25) is 4.79 Å². The van der Waals surface area contributed by atoms with Crippen LogP contribution in [0.3, 0.4) is 0 Å². The summed E-state index contributed by atoms with van der Waals surface area (Å²) in [5.74, 6) is -0.975. The SMILES string of the molecule is Cc1ccc(S(=O)(=O)N2Cc3ccccc3C[C@H]2C(=O)Nc2cccc(F)c2)cc1. The van der Waals surface area contributed by atoms with Crippen molar-refractivity contribution in [2.45, 2.75) is 30.8 Å². The van der Waals surface area contributed by atoms with Crippen LogP contribution < -0.4 is 5.32 Å². The molecular formula is C23H21FN2O3S. The fourth-order valence-corrected chi connectivity index (χ4v) is 5.18. The molecule has 0 saturated carbocycles. The molecule has 1 amide bonds. The minimum Gasteiger partial charge on any atom is -0.325 e. The van der Waals surface area contributed by atoms with Gasteiger partial charge in [-0.1, -0.05) is 48.0 Å². The Balaban J connectivity index is 1.71. The molecular weight excluding hydrogens is 403 g/mol. The predicted molar refractivity (Wildman–Crippen MR) is 113 cm³/mol. The number of benzene rings is 3. The van der Waals surface area contributed by atoms with Gasteiger partial charge in [-0.25, -0.2) is 12.8 Å². The summed E-state index contributed by atoms with van der Waals surface area (Å²) in [5.41, 5.74) is 3.01. The van der Waals surface area contributed by atoms with Crippen LogP contribution in [-0.2, 0) is 27.8 Å². The molecule has 30 heavy (non-hydrogen) atoms. The molecule has 0 unspecified atom stereocenters. The van der Waals surface area contributed by atoms with Crippen LogP contribution in [0.2, 0.25) is 0 Å². The second kappa shape index (κ2) is 8.01. The molecule has 4 rings (SSSR count). The molecule has 154 valence electrons. The molecule has 7 heteroatoms. The molecule has 1 aliphatic heterocycles. The first-order valence-electron chi connectivity index (χ1n) is 9.56. The summed E-state index contributed by atoms with van der Waals surface area (Å²) in [6, 6.07) is 18.6. The molecule has 1 atom stereocenters. The van der Waals surface area contributed by atoms with Gasteiger partial charge in [0.2, 0.25) is 15.9 Å². The largest absolute Gasteiger partial charge is 0.325 e. The number of fused-ring (bicyclic) bond motifs is 1. The molecule has 0 aliphatic carbocycles. The number of carbonyl (C=O) groups is 1. The average Bonchev–Trinajstić information content (AvgIpc) is 2.73. The van der Waals surface area contributed by atoms with Crippen molar-refractivity contribution >= 4 is 21.6 Å². The lowest BCUT2D eigenvalue weighted by atomic mass is 9.95. The van der Waals surface area contributed by atoms with Crippen molar-refractivity contribution in [3.05, 3.63) is 95.3 Å². The zero-order valence-corrected chi connectivity index (χ0v) is 17.2. The van der Waals surface area contributed by atoms with Crippen LogP contribution in [0.1, 0.15) is 16.7 Å². The normalized spacial score (nSPS) is 16.7. The summed E-state index contributed by atoms with van der Waals surface area (Å²) in [7, 11) is -3.92. The zero-order chi connectivity index (χ0) is 21.3. The number of aryl methyl sites for hydroxylation is 1. The summed E-state index contributed by atoms with van der Waals surface area (Å²) in [4.78, 5) is 13.2. The van der Waals surface area contributed by atoms with E-state index >= 15 is 0 Å². The Labute approximate surface area is 175 Å². The minimum absolute atomic E-state index is 0.0909. The highest BCUT2D eigenvalue weighted by atomic mass is 32.2. The second-order valence-corrected chi connectivity index (χ2v) is 9.24. The molecule has 0 fully saturated rings. The number of hydrogen-bond donors (Lipinski definition) is 1. The predicted octanol–water partition coefficient (Wildman–Crippen LogP) is 3.89. The van der Waals surface area contributed by atoms with E-state index in [9.17, 15) is 17.6 Å². The van der Waals surface area contributed by atoms with Gasteiger partial charge in [-0.2, -0.15) is 4.31 Å². The van der Waals surface area contributed by atoms with E-state index in [-0.39, 0.29) is 23.5 Å². The number of hydrogen-bond acceptors (Lipinski definition) is 3. The van der Waals surface area contributed by atoms with E-state index in [2.05, 4.69) is 5.32 Å². The number of amides is 1. The molecule has 0 saturated heterocycles. The van der Waals surface area contributed by atoms with E-state index in [0.29, 0.717) is 0 Å². The van der Waals surface area contributed by atoms with E-state index in [0.717, 1.165) is 16.7 Å². The van der Waals surface area contributed by atoms with Gasteiger partial charge in [-0.05, 0) is 54.8 Å². The Kier molecular flexibility index (Phi) is 5.40. The average molecular weight is 424 g/mol. The van der Waals surface area contributed by atoms with Gasteiger partial charge in [0, 0.05) is 12.2 Å². The highest BCUT2D eigenvalue weighted by Gasteiger charge is 2.39. The third-order valence-corrected chi connectivity index (χ3v) is 7.10. The minimum atomic E-state index is -3.92. The Bertz CT molecular complexity index is 1190. The maximum Gasteiger partial charge on any atom is 0.244 e. The van der Waals surface area contributed by atoms with Crippen molar-refractivity contribution in [2.24, 2.45) is 0 Å². The number of halogens is 1. The molecule has 3 aromatic rings. The second-order valence-electron chi connectivity index (χ2n) is 7.35. The lowest BCUT2D eigenvalue weighted by Crippen LogP contribution is -2.50. The van der Waals surface area contributed by atoms with Crippen molar-refractivity contribution in [1.82, 2.24) is 4.31 Å². The Morgan fingerprint density at radius 1 is 1.00 bits per heavy atom. The molecule has 1 aliphatic rings. The van der Waals surface area contributed by atoms with E-state index in [1.807, 2.05) is 31.2 Å². The Hall–Kier alpha value is -3.03. The molecule has 0 radical (unpaired) electrons. The highest BCUT2D eigenvalue weighted by Crippen LogP contribution is 2.30. The summed E-state index contributed by atoms with van der Waals surface area (Å²) in [5, 5.41) is 2.66. The quantitative estimate of drug-likeness (QED) is 0.691. The number of anilines is 1. The molecule has 1 heterocycles. The molecule has 0 aromatic heterocycles. The number of nitrogens with zero attached hydrogens (tertiary/aromatic N) is 1. The molecule has 3 aromatic carbocycles. The maximum absolute atomic E-state index is 13.5. The first-order chi connectivity index (χ1) is 14.3. The van der Waals surface area contributed by atoms with Gasteiger partial charge in [0.25, 0.3) is 0 Å². The maximum atomic E-state index is 13.5. The van der Waals surface area contributed by atoms with E-state index in [1.165, 1.54) is 22.5 Å². The van der Waals surface area contributed by atoms with Crippen LogP contribution in [0.5, 0.6) is 0 Å². The summed E-state index contributed by atoms with van der Waals surface area (Å²) in [6.45, 7) is 1.97. The Morgan fingerprint density at radius 3 is 2.40 bits per heavy atom. The number of sulfonamides is 1. The molecule has 0 bridgehead atoms. The Morgan fingerprint density at radius 2 is 1.70 bits per heavy atom. The van der Waals surface area contributed by atoms with Gasteiger partial charge in [-0.15, -0.1) is 0 Å². The first-order valence-corrected chi connectivity index (χ1v) is 11.0. The molecule has 0 spiro atoms. The number of carbonyl (C=O) groups excluding carboxylic acids is 1. The lowest BCUT2D eigenvalue weighted by Gasteiger charge is -2.35. The number of nitrogens with one attached hydrogen (secondary N) is 1. The summed E-state index contributed by atoms with van der Waals surface area (Å²) in [6.07, 6.45) is 0.239. The fourth-order valence-electron chi connectivity index (χ4n) is 3.61. The van der Waals surface area contributed by atoms with Crippen LogP contribution >= 0.6 is 0 Å². The van der Waals surface area contributed by atoms with Crippen molar-refractivity contribution in [1.29, 1.82) is 0 Å². The van der Waals surface area contributed by atoms with Crippen molar-refractivity contribution < 1.29 is 17.6 Å². The van der Waals surface area contributed by atoms with Crippen LogP contribution in [0.4, 0.5) is 10.1 Å². The van der Waals surface area contributed by atoms with E-state index in [4.69, 9.17) is 0 Å².